The lowest BCUT2D eigenvalue weighted by atomic mass is 10.1. The Hall–Kier alpha value is -4.65. The largest absolute Gasteiger partial charge is 0.488 e. The Labute approximate surface area is 262 Å². The molecule has 0 N–H and O–H groups in total. The van der Waals surface area contributed by atoms with Gasteiger partial charge in [-0.2, -0.15) is 0 Å². The van der Waals surface area contributed by atoms with Crippen LogP contribution >= 0.6 is 0 Å². The summed E-state index contributed by atoms with van der Waals surface area (Å²) in [4.78, 5) is 32.2. The molecule has 1 heterocycles. The molecule has 0 aliphatic heterocycles. The van der Waals surface area contributed by atoms with E-state index in [0.717, 1.165) is 24.0 Å². The highest BCUT2D eigenvalue weighted by molar-refractivity contribution is 5.97. The van der Waals surface area contributed by atoms with Crippen LogP contribution in [0.1, 0.15) is 70.7 Å². The Morgan fingerprint density at radius 1 is 0.614 bits per heavy atom. The lowest BCUT2D eigenvalue weighted by Crippen LogP contribution is -2.30. The molecular weight excluding hydrogens is 550 g/mol. The fourth-order valence-corrected chi connectivity index (χ4v) is 4.42. The second-order valence-corrected chi connectivity index (χ2v) is 10.4. The van der Waals surface area contributed by atoms with E-state index in [4.69, 9.17) is 9.47 Å². The van der Waals surface area contributed by atoms with E-state index in [-0.39, 0.29) is 11.8 Å². The summed E-state index contributed by atoms with van der Waals surface area (Å²) in [6.07, 6.45) is 3.69. The van der Waals surface area contributed by atoms with Crippen molar-refractivity contribution in [1.82, 2.24) is 14.8 Å². The lowest BCUT2D eigenvalue weighted by Gasteiger charge is -2.19. The first-order valence-corrected chi connectivity index (χ1v) is 15.3. The summed E-state index contributed by atoms with van der Waals surface area (Å²) >= 11 is 0. The summed E-state index contributed by atoms with van der Waals surface area (Å²) in [7, 11) is 3.48. The summed E-state index contributed by atoms with van der Waals surface area (Å²) in [6.45, 7) is 10.4. The predicted molar refractivity (Wildman–Crippen MR) is 176 cm³/mol. The third-order valence-corrected chi connectivity index (χ3v) is 7.21. The number of para-hydroxylation sites is 1. The molecule has 4 aromatic rings. The third kappa shape index (κ3) is 9.69. The molecule has 0 saturated carbocycles. The molecular formula is C37H45N3O4. The highest BCUT2D eigenvalue weighted by Crippen LogP contribution is 2.21. The van der Waals surface area contributed by atoms with Crippen LogP contribution in [0.2, 0.25) is 0 Å². The molecule has 0 aliphatic carbocycles. The van der Waals surface area contributed by atoms with Crippen molar-refractivity contribution in [3.63, 3.8) is 0 Å². The number of rotatable bonds is 12. The van der Waals surface area contributed by atoms with Crippen LogP contribution in [0.5, 0.6) is 11.6 Å². The molecule has 1 aromatic heterocycles. The third-order valence-electron chi connectivity index (χ3n) is 7.21. The summed E-state index contributed by atoms with van der Waals surface area (Å²) in [5.74, 6) is 0.922. The van der Waals surface area contributed by atoms with Crippen molar-refractivity contribution < 1.29 is 19.1 Å². The van der Waals surface area contributed by atoms with E-state index in [9.17, 15) is 9.59 Å². The first kappa shape index (κ1) is 33.8. The molecule has 0 unspecified atom stereocenters. The Morgan fingerprint density at radius 3 is 1.64 bits per heavy atom. The molecule has 3 aromatic carbocycles. The van der Waals surface area contributed by atoms with Crippen LogP contribution in [0, 0.1) is 0 Å². The number of benzene rings is 3. The molecule has 44 heavy (non-hydrogen) atoms. The highest BCUT2D eigenvalue weighted by Gasteiger charge is 2.18. The summed E-state index contributed by atoms with van der Waals surface area (Å²) < 4.78 is 11.6. The lowest BCUT2D eigenvalue weighted by molar-refractivity contribution is 0.0766. The minimum absolute atomic E-state index is 0.0422. The normalized spacial score (nSPS) is 10.3. The van der Waals surface area contributed by atoms with Gasteiger partial charge in [0.1, 0.15) is 24.5 Å². The van der Waals surface area contributed by atoms with Crippen molar-refractivity contribution in [3.8, 4) is 11.6 Å². The van der Waals surface area contributed by atoms with E-state index in [1.807, 2.05) is 44.2 Å². The zero-order valence-corrected chi connectivity index (χ0v) is 26.9. The van der Waals surface area contributed by atoms with Crippen LogP contribution in [-0.2, 0) is 26.1 Å². The molecule has 0 spiro atoms. The number of ether oxygens (including phenoxy) is 2. The summed E-state index contributed by atoms with van der Waals surface area (Å²) in [5, 5.41) is 0. The van der Waals surface area contributed by atoms with Gasteiger partial charge < -0.3 is 19.3 Å². The molecule has 7 heteroatoms. The molecule has 232 valence electrons. The van der Waals surface area contributed by atoms with Gasteiger partial charge in [-0.3, -0.25) is 9.59 Å². The number of aromatic nitrogens is 1. The second-order valence-electron chi connectivity index (χ2n) is 10.4. The molecule has 7 nitrogen and oxygen atoms in total. The van der Waals surface area contributed by atoms with Crippen molar-refractivity contribution in [2.45, 2.75) is 53.8 Å². The fourth-order valence-electron chi connectivity index (χ4n) is 4.42. The quantitative estimate of drug-likeness (QED) is 0.173. The minimum atomic E-state index is -0.0491. The van der Waals surface area contributed by atoms with Gasteiger partial charge in [0.2, 0.25) is 5.88 Å². The van der Waals surface area contributed by atoms with Crippen molar-refractivity contribution >= 4 is 11.8 Å². The van der Waals surface area contributed by atoms with Crippen molar-refractivity contribution in [1.29, 1.82) is 0 Å². The molecule has 0 bridgehead atoms. The van der Waals surface area contributed by atoms with Gasteiger partial charge in [-0.25, -0.2) is 4.98 Å². The molecule has 4 rings (SSSR count). The van der Waals surface area contributed by atoms with Gasteiger partial charge in [-0.05, 0) is 73.2 Å². The van der Waals surface area contributed by atoms with E-state index in [1.165, 1.54) is 11.1 Å². The monoisotopic (exact) mass is 595 g/mol. The van der Waals surface area contributed by atoms with Crippen LogP contribution < -0.4 is 9.47 Å². The molecule has 0 radical (unpaired) electrons. The number of aryl methyl sites for hydroxylation is 2. The van der Waals surface area contributed by atoms with Crippen LogP contribution in [0.3, 0.4) is 0 Å². The Morgan fingerprint density at radius 2 is 1.11 bits per heavy atom. The minimum Gasteiger partial charge on any atom is -0.488 e. The van der Waals surface area contributed by atoms with E-state index in [2.05, 4.69) is 55.2 Å². The predicted octanol–water partition coefficient (Wildman–Crippen LogP) is 7.23. The number of carbonyl (C=O) groups excluding carboxylic acids is 2. The molecule has 2 amide bonds. The van der Waals surface area contributed by atoms with Gasteiger partial charge in [0.15, 0.2) is 0 Å². The van der Waals surface area contributed by atoms with Crippen molar-refractivity contribution in [2.24, 2.45) is 0 Å². The van der Waals surface area contributed by atoms with Crippen LogP contribution in [0.15, 0.2) is 91.1 Å². The van der Waals surface area contributed by atoms with Gasteiger partial charge in [-0.1, -0.05) is 74.5 Å². The molecule has 0 saturated heterocycles. The standard InChI is InChI=1S/C19H24N2O2.C18H21NO2/c1-4-15-9-11-16(12-10-15)14-23-18-17(8-7-13-20-18)19(22)21(5-2)6-3;1-4-14-9-11-15(12-10-14)13-21-17-8-6-5-7-16(17)18(20)19(2)3/h7-13H,4-6,14H2,1-3H3;5-12H,4,13H2,1-3H3. The Kier molecular flexibility index (Phi) is 13.4. The number of hydrogen-bond acceptors (Lipinski definition) is 5. The van der Waals surface area contributed by atoms with Crippen molar-refractivity contribution in [2.75, 3.05) is 27.2 Å². The van der Waals surface area contributed by atoms with Crippen LogP contribution in [0.25, 0.3) is 0 Å². The summed E-state index contributed by atoms with van der Waals surface area (Å²) in [6, 6.07) is 27.5. The SMILES string of the molecule is CCc1ccc(COc2ccccc2C(=O)N(C)C)cc1.CCc1ccc(COc2ncccc2C(=O)N(CC)CC)cc1. The zero-order valence-electron chi connectivity index (χ0n) is 26.9. The molecule has 0 aliphatic rings. The molecule has 0 fully saturated rings. The second kappa shape index (κ2) is 17.5. The summed E-state index contributed by atoms with van der Waals surface area (Å²) in [5.41, 5.74) is 5.87. The van der Waals surface area contributed by atoms with Gasteiger partial charge >= 0.3 is 0 Å². The Bertz CT molecular complexity index is 1460. The van der Waals surface area contributed by atoms with E-state index < -0.39 is 0 Å². The maximum absolute atomic E-state index is 12.5. The van der Waals surface area contributed by atoms with E-state index in [1.54, 1.807) is 48.3 Å². The van der Waals surface area contributed by atoms with Gasteiger partial charge in [0.25, 0.3) is 11.8 Å². The zero-order chi connectivity index (χ0) is 31.9. The first-order chi connectivity index (χ1) is 21.3. The van der Waals surface area contributed by atoms with Crippen LogP contribution in [-0.4, -0.2) is 53.8 Å². The average Bonchev–Trinajstić information content (AvgIpc) is 3.07. The number of amides is 2. The van der Waals surface area contributed by atoms with Gasteiger partial charge in [-0.15, -0.1) is 0 Å². The van der Waals surface area contributed by atoms with Gasteiger partial charge in [0, 0.05) is 33.4 Å². The number of carbonyl (C=O) groups is 2. The van der Waals surface area contributed by atoms with Crippen LogP contribution in [0.4, 0.5) is 0 Å². The number of hydrogen-bond donors (Lipinski definition) is 0. The van der Waals surface area contributed by atoms with E-state index in [0.29, 0.717) is 49.1 Å². The number of pyridine rings is 1. The van der Waals surface area contributed by atoms with E-state index >= 15 is 0 Å². The smallest absolute Gasteiger partial charge is 0.259 e. The average molecular weight is 596 g/mol. The Balaban J connectivity index is 0.000000241. The van der Waals surface area contributed by atoms with Gasteiger partial charge in [0.05, 0.1) is 5.56 Å². The maximum Gasteiger partial charge on any atom is 0.259 e. The highest BCUT2D eigenvalue weighted by atomic mass is 16.5. The fraction of sp³-hybridized carbons (Fsp3) is 0.324. The maximum atomic E-state index is 12.5. The number of nitrogens with zero attached hydrogens (tertiary/aromatic N) is 3. The first-order valence-electron chi connectivity index (χ1n) is 15.3. The molecule has 0 atom stereocenters. The topological polar surface area (TPSA) is 72.0 Å². The van der Waals surface area contributed by atoms with Crippen molar-refractivity contribution in [3.05, 3.63) is 125 Å².